The summed E-state index contributed by atoms with van der Waals surface area (Å²) in [6.45, 7) is 6.12. The molecule has 3 heterocycles. The van der Waals surface area contributed by atoms with Crippen LogP contribution in [0.4, 0.5) is 5.69 Å². The molecule has 1 aromatic carbocycles. The molecular formula is C21H30N6O. The smallest absolute Gasteiger partial charge is 0.233 e. The maximum absolute atomic E-state index is 12.3. The van der Waals surface area contributed by atoms with Crippen molar-refractivity contribution >= 4 is 11.6 Å². The van der Waals surface area contributed by atoms with E-state index in [4.69, 9.17) is 0 Å². The number of amides is 1. The second kappa shape index (κ2) is 8.73. The highest BCUT2D eigenvalue weighted by Crippen LogP contribution is 2.23. The van der Waals surface area contributed by atoms with Gasteiger partial charge in [-0.05, 0) is 44.2 Å². The van der Waals surface area contributed by atoms with Crippen molar-refractivity contribution in [1.29, 1.82) is 0 Å². The highest BCUT2D eigenvalue weighted by molar-refractivity contribution is 5.78. The summed E-state index contributed by atoms with van der Waals surface area (Å²) in [6.07, 6.45) is 4.48. The molecule has 1 saturated heterocycles. The summed E-state index contributed by atoms with van der Waals surface area (Å²) in [6, 6.07) is 10.5. The molecule has 7 heteroatoms. The second-order valence-corrected chi connectivity index (χ2v) is 7.93. The molecule has 0 aliphatic carbocycles. The minimum absolute atomic E-state index is 0.0187. The van der Waals surface area contributed by atoms with Gasteiger partial charge < -0.3 is 14.8 Å². The molecule has 2 aromatic rings. The van der Waals surface area contributed by atoms with Crippen molar-refractivity contribution in [2.75, 3.05) is 31.1 Å². The lowest BCUT2D eigenvalue weighted by Crippen LogP contribution is -2.38. The van der Waals surface area contributed by atoms with Gasteiger partial charge in [-0.15, -0.1) is 10.2 Å². The van der Waals surface area contributed by atoms with Crippen LogP contribution in [0.5, 0.6) is 0 Å². The van der Waals surface area contributed by atoms with E-state index in [1.165, 1.54) is 18.5 Å². The number of aromatic nitrogens is 3. The van der Waals surface area contributed by atoms with E-state index in [2.05, 4.69) is 54.6 Å². The molecule has 1 amide bonds. The molecule has 4 rings (SSSR count). The highest BCUT2D eigenvalue weighted by atomic mass is 16.1. The summed E-state index contributed by atoms with van der Waals surface area (Å²) in [7, 11) is 0. The first kappa shape index (κ1) is 18.9. The van der Waals surface area contributed by atoms with E-state index >= 15 is 0 Å². The molecule has 1 aromatic heterocycles. The Hall–Kier alpha value is -2.41. The van der Waals surface area contributed by atoms with Crippen LogP contribution in [0.2, 0.25) is 0 Å². The number of anilines is 1. The highest BCUT2D eigenvalue weighted by Gasteiger charge is 2.23. The molecule has 0 bridgehead atoms. The van der Waals surface area contributed by atoms with E-state index in [-0.39, 0.29) is 11.9 Å². The van der Waals surface area contributed by atoms with Crippen LogP contribution >= 0.6 is 0 Å². The summed E-state index contributed by atoms with van der Waals surface area (Å²) < 4.78 is 2.20. The third-order valence-corrected chi connectivity index (χ3v) is 5.84. The number of para-hydroxylation sites is 1. The first-order valence-electron chi connectivity index (χ1n) is 10.4. The summed E-state index contributed by atoms with van der Waals surface area (Å²) in [5, 5.41) is 15.0. The lowest BCUT2D eigenvalue weighted by Gasteiger charge is -2.19. The van der Waals surface area contributed by atoms with Gasteiger partial charge >= 0.3 is 0 Å². The quantitative estimate of drug-likeness (QED) is 0.765. The zero-order valence-electron chi connectivity index (χ0n) is 16.6. The molecule has 150 valence electrons. The van der Waals surface area contributed by atoms with Crippen molar-refractivity contribution in [3.63, 3.8) is 0 Å². The van der Waals surface area contributed by atoms with E-state index in [1.54, 1.807) is 0 Å². The van der Waals surface area contributed by atoms with Gasteiger partial charge in [0.2, 0.25) is 5.91 Å². The monoisotopic (exact) mass is 382 g/mol. The Kier molecular flexibility index (Phi) is 5.90. The summed E-state index contributed by atoms with van der Waals surface area (Å²) in [4.78, 5) is 14.7. The topological polar surface area (TPSA) is 75.1 Å². The van der Waals surface area contributed by atoms with Crippen molar-refractivity contribution < 1.29 is 4.79 Å². The maximum Gasteiger partial charge on any atom is 0.233 e. The molecule has 1 fully saturated rings. The van der Waals surface area contributed by atoms with Gasteiger partial charge in [-0.3, -0.25) is 10.1 Å². The molecule has 2 aliphatic heterocycles. The molecule has 2 aliphatic rings. The summed E-state index contributed by atoms with van der Waals surface area (Å²) in [5.74, 6) is 2.56. The fraction of sp³-hybridized carbons (Fsp3) is 0.571. The number of hydrogen-bond donors (Lipinski definition) is 2. The van der Waals surface area contributed by atoms with Crippen LogP contribution in [0.1, 0.15) is 43.9 Å². The van der Waals surface area contributed by atoms with Crippen LogP contribution in [0.25, 0.3) is 0 Å². The number of fused-ring (bicyclic) bond motifs is 1. The largest absolute Gasteiger partial charge is 0.371 e. The van der Waals surface area contributed by atoms with Gasteiger partial charge in [-0.2, -0.15) is 0 Å². The predicted octanol–water partition coefficient (Wildman–Crippen LogP) is 1.91. The van der Waals surface area contributed by atoms with Gasteiger partial charge in [0.15, 0.2) is 0 Å². The first-order chi connectivity index (χ1) is 13.7. The number of hydrogen-bond acceptors (Lipinski definition) is 5. The zero-order valence-corrected chi connectivity index (χ0v) is 16.6. The normalized spacial score (nSPS) is 20.0. The van der Waals surface area contributed by atoms with Gasteiger partial charge in [-0.25, -0.2) is 0 Å². The molecule has 0 saturated carbocycles. The minimum atomic E-state index is 0.0187. The van der Waals surface area contributed by atoms with Gasteiger partial charge in [0, 0.05) is 38.3 Å². The molecule has 2 atom stereocenters. The number of rotatable bonds is 7. The Balaban J connectivity index is 1.20. The SMILES string of the molecule is C[C@H](NCC(=O)NC[C@@H]1CCN(c2ccccc2)C1)c1nnc2n1CCCC2. The summed E-state index contributed by atoms with van der Waals surface area (Å²) in [5.41, 5.74) is 1.27. The number of nitrogens with one attached hydrogen (secondary N) is 2. The third kappa shape index (κ3) is 4.35. The number of carbonyl (C=O) groups is 1. The van der Waals surface area contributed by atoms with E-state index in [9.17, 15) is 4.79 Å². The molecule has 28 heavy (non-hydrogen) atoms. The van der Waals surface area contributed by atoms with Crippen LogP contribution in [0.15, 0.2) is 30.3 Å². The van der Waals surface area contributed by atoms with E-state index in [0.29, 0.717) is 12.5 Å². The van der Waals surface area contributed by atoms with Crippen molar-refractivity contribution in [3.05, 3.63) is 42.0 Å². The van der Waals surface area contributed by atoms with Gasteiger partial charge in [-0.1, -0.05) is 18.2 Å². The second-order valence-electron chi connectivity index (χ2n) is 7.93. The lowest BCUT2D eigenvalue weighted by molar-refractivity contribution is -0.120. The van der Waals surface area contributed by atoms with Gasteiger partial charge in [0.25, 0.3) is 0 Å². The minimum Gasteiger partial charge on any atom is -0.371 e. The standard InChI is InChI=1S/C21H30N6O/c1-16(21-25-24-19-9-5-6-11-27(19)21)22-14-20(28)23-13-17-10-12-26(15-17)18-7-3-2-4-8-18/h2-4,7-8,16-17,22H,5-6,9-15H2,1H3,(H,23,28)/t16-,17-/m0/s1. The average molecular weight is 383 g/mol. The van der Waals surface area contributed by atoms with Crippen LogP contribution in [0.3, 0.4) is 0 Å². The van der Waals surface area contributed by atoms with Crippen molar-refractivity contribution in [3.8, 4) is 0 Å². The predicted molar refractivity (Wildman–Crippen MR) is 109 cm³/mol. The van der Waals surface area contributed by atoms with Crippen molar-refractivity contribution in [2.45, 2.75) is 45.2 Å². The van der Waals surface area contributed by atoms with Crippen LogP contribution in [-0.4, -0.2) is 46.9 Å². The average Bonchev–Trinajstić information content (AvgIpc) is 3.38. The van der Waals surface area contributed by atoms with Gasteiger partial charge in [0.05, 0.1) is 12.6 Å². The molecular weight excluding hydrogens is 352 g/mol. The molecule has 7 nitrogen and oxygen atoms in total. The maximum atomic E-state index is 12.3. The van der Waals surface area contributed by atoms with Crippen molar-refractivity contribution in [1.82, 2.24) is 25.4 Å². The van der Waals surface area contributed by atoms with Crippen molar-refractivity contribution in [2.24, 2.45) is 5.92 Å². The Labute approximate surface area is 166 Å². The fourth-order valence-electron chi connectivity index (χ4n) is 4.18. The lowest BCUT2D eigenvalue weighted by atomic mass is 10.1. The number of nitrogens with zero attached hydrogens (tertiary/aromatic N) is 4. The Morgan fingerprint density at radius 3 is 2.93 bits per heavy atom. The number of benzene rings is 1. The molecule has 0 radical (unpaired) electrons. The third-order valence-electron chi connectivity index (χ3n) is 5.84. The molecule has 0 unspecified atom stereocenters. The zero-order chi connectivity index (χ0) is 19.3. The van der Waals surface area contributed by atoms with Gasteiger partial charge in [0.1, 0.15) is 11.6 Å². The fourth-order valence-corrected chi connectivity index (χ4v) is 4.18. The molecule has 0 spiro atoms. The first-order valence-corrected chi connectivity index (χ1v) is 10.4. The Morgan fingerprint density at radius 1 is 1.21 bits per heavy atom. The Bertz CT molecular complexity index is 789. The molecule has 2 N–H and O–H groups in total. The van der Waals surface area contributed by atoms with E-state index < -0.39 is 0 Å². The van der Waals surface area contributed by atoms with E-state index in [0.717, 1.165) is 50.7 Å². The number of carbonyl (C=O) groups excluding carboxylic acids is 1. The Morgan fingerprint density at radius 2 is 2.07 bits per heavy atom. The van der Waals surface area contributed by atoms with E-state index in [1.807, 2.05) is 13.0 Å². The summed E-state index contributed by atoms with van der Waals surface area (Å²) >= 11 is 0. The number of aryl methyl sites for hydroxylation is 1. The van der Waals surface area contributed by atoms with Crippen LogP contribution in [0, 0.1) is 5.92 Å². The van der Waals surface area contributed by atoms with Crippen LogP contribution in [-0.2, 0) is 17.8 Å². The van der Waals surface area contributed by atoms with Crippen LogP contribution < -0.4 is 15.5 Å².